The van der Waals surface area contributed by atoms with Crippen molar-refractivity contribution in [3.63, 3.8) is 0 Å². The molecule has 1 heterocycles. The predicted octanol–water partition coefficient (Wildman–Crippen LogP) is 1.91. The van der Waals surface area contributed by atoms with Gasteiger partial charge in [0.15, 0.2) is 10.4 Å². The zero-order valence-corrected chi connectivity index (χ0v) is 14.5. The average molecular weight is 411 g/mol. The molecule has 0 radical (unpaired) electrons. The van der Waals surface area contributed by atoms with Gasteiger partial charge in [0.05, 0.1) is 11.5 Å². The number of hydrogen-bond donors (Lipinski definition) is 3. The summed E-state index contributed by atoms with van der Waals surface area (Å²) in [6, 6.07) is 9.28. The van der Waals surface area contributed by atoms with Crippen LogP contribution in [-0.2, 0) is 4.79 Å². The maximum atomic E-state index is 11.7. The summed E-state index contributed by atoms with van der Waals surface area (Å²) in [6.45, 7) is 0.339. The van der Waals surface area contributed by atoms with Gasteiger partial charge in [0, 0.05) is 19.2 Å². The second-order valence-corrected chi connectivity index (χ2v) is 5.62. The fourth-order valence-electron chi connectivity index (χ4n) is 1.93. The van der Waals surface area contributed by atoms with Crippen LogP contribution in [0.3, 0.4) is 0 Å². The smallest absolute Gasteiger partial charge is 0.292 e. The van der Waals surface area contributed by atoms with E-state index in [2.05, 4.69) is 31.9 Å². The summed E-state index contributed by atoms with van der Waals surface area (Å²) < 4.78 is 5.48. The van der Waals surface area contributed by atoms with Gasteiger partial charge < -0.3 is 20.4 Å². The Balaban J connectivity index is 1.69. The van der Waals surface area contributed by atoms with Gasteiger partial charge in [-0.15, -0.1) is 0 Å². The summed E-state index contributed by atoms with van der Waals surface area (Å²) in [5, 5.41) is 18.8. The van der Waals surface area contributed by atoms with Gasteiger partial charge in [-0.25, -0.2) is 0 Å². The molecule has 25 heavy (non-hydrogen) atoms. The highest BCUT2D eigenvalue weighted by atomic mass is 79.9. The Hall–Kier alpha value is -2.88. The normalized spacial score (nSPS) is 10.1. The summed E-state index contributed by atoms with van der Waals surface area (Å²) >= 11 is 3.08. The molecule has 0 spiro atoms. The minimum absolute atomic E-state index is 0.0364. The molecule has 0 saturated carbocycles. The lowest BCUT2D eigenvalue weighted by atomic mass is 10.2. The number of para-hydroxylation sites is 2. The van der Waals surface area contributed by atoms with Gasteiger partial charge in [0.1, 0.15) is 5.69 Å². The second kappa shape index (κ2) is 8.83. The number of benzene rings is 1. The van der Waals surface area contributed by atoms with E-state index in [1.165, 1.54) is 12.1 Å². The van der Waals surface area contributed by atoms with Crippen molar-refractivity contribution in [3.05, 3.63) is 56.9 Å². The molecular weight excluding hydrogens is 396 g/mol. The highest BCUT2D eigenvalue weighted by Crippen LogP contribution is 2.22. The molecule has 9 nitrogen and oxygen atoms in total. The summed E-state index contributed by atoms with van der Waals surface area (Å²) in [5.74, 6) is -0.792. The van der Waals surface area contributed by atoms with Gasteiger partial charge >= 0.3 is 0 Å². The molecule has 132 valence electrons. The summed E-state index contributed by atoms with van der Waals surface area (Å²) in [4.78, 5) is 33.8. The number of anilines is 1. The molecule has 0 aliphatic carbocycles. The molecule has 0 aliphatic rings. The Morgan fingerprint density at radius 2 is 1.88 bits per heavy atom. The number of rotatable bonds is 8. The van der Waals surface area contributed by atoms with Gasteiger partial charge in [-0.1, -0.05) is 12.1 Å². The third kappa shape index (κ3) is 5.60. The summed E-state index contributed by atoms with van der Waals surface area (Å²) in [6.07, 6.45) is 0. The molecule has 2 amide bonds. The van der Waals surface area contributed by atoms with Crippen LogP contribution < -0.4 is 16.0 Å². The molecule has 2 rings (SSSR count). The van der Waals surface area contributed by atoms with Crippen LogP contribution in [0.15, 0.2) is 45.5 Å². The number of halogens is 1. The van der Waals surface area contributed by atoms with Crippen LogP contribution in [-0.4, -0.2) is 36.4 Å². The molecule has 0 bridgehead atoms. The molecule has 0 saturated heterocycles. The first kappa shape index (κ1) is 18.5. The lowest BCUT2D eigenvalue weighted by molar-refractivity contribution is -0.384. The minimum atomic E-state index is -0.501. The van der Waals surface area contributed by atoms with Crippen LogP contribution in [0.5, 0.6) is 0 Å². The summed E-state index contributed by atoms with van der Waals surface area (Å²) in [7, 11) is 0. The quantitative estimate of drug-likeness (QED) is 0.346. The van der Waals surface area contributed by atoms with Crippen LogP contribution in [0.2, 0.25) is 0 Å². The van der Waals surface area contributed by atoms with Gasteiger partial charge in [-0.2, -0.15) is 0 Å². The second-order valence-electron chi connectivity index (χ2n) is 4.84. The SMILES string of the molecule is O=C(CNC(=O)c1ccc(Br)o1)NCCNc1ccccc1[N+](=O)[O-]. The monoisotopic (exact) mass is 410 g/mol. The Morgan fingerprint density at radius 3 is 2.56 bits per heavy atom. The Kier molecular flexibility index (Phi) is 6.52. The largest absolute Gasteiger partial charge is 0.444 e. The Bertz CT molecular complexity index is 777. The average Bonchev–Trinajstić information content (AvgIpc) is 3.03. The number of hydrogen-bond acceptors (Lipinski definition) is 6. The van der Waals surface area contributed by atoms with Gasteiger partial charge in [0.25, 0.3) is 11.6 Å². The van der Waals surface area contributed by atoms with Crippen LogP contribution in [0.25, 0.3) is 0 Å². The lowest BCUT2D eigenvalue weighted by Crippen LogP contribution is -2.38. The van der Waals surface area contributed by atoms with Crippen LogP contribution in [0.1, 0.15) is 10.6 Å². The first-order valence-electron chi connectivity index (χ1n) is 7.25. The summed E-state index contributed by atoms with van der Waals surface area (Å²) in [5.41, 5.74) is 0.337. The highest BCUT2D eigenvalue weighted by Gasteiger charge is 2.13. The number of nitro benzene ring substituents is 1. The van der Waals surface area contributed by atoms with Crippen LogP contribution in [0, 0.1) is 10.1 Å². The van der Waals surface area contributed by atoms with Crippen molar-refractivity contribution in [1.82, 2.24) is 10.6 Å². The maximum Gasteiger partial charge on any atom is 0.292 e. The van der Waals surface area contributed by atoms with E-state index in [-0.39, 0.29) is 30.4 Å². The number of nitrogens with zero attached hydrogens (tertiary/aromatic N) is 1. The van der Waals surface area contributed by atoms with E-state index < -0.39 is 10.8 Å². The molecule has 0 aliphatic heterocycles. The van der Waals surface area contributed by atoms with Gasteiger partial charge in [0.2, 0.25) is 5.91 Å². The first-order chi connectivity index (χ1) is 12.0. The van der Waals surface area contributed by atoms with Crippen LogP contribution in [0.4, 0.5) is 11.4 Å². The molecule has 1 aromatic carbocycles. The van der Waals surface area contributed by atoms with Crippen molar-refractivity contribution in [2.24, 2.45) is 0 Å². The van der Waals surface area contributed by atoms with Crippen molar-refractivity contribution >= 4 is 39.1 Å². The maximum absolute atomic E-state index is 11.7. The molecule has 3 N–H and O–H groups in total. The number of nitro groups is 1. The van der Waals surface area contributed by atoms with Crippen molar-refractivity contribution < 1.29 is 18.9 Å². The van der Waals surface area contributed by atoms with E-state index in [9.17, 15) is 19.7 Å². The van der Waals surface area contributed by atoms with E-state index >= 15 is 0 Å². The van der Waals surface area contributed by atoms with Gasteiger partial charge in [-0.05, 0) is 34.1 Å². The lowest BCUT2D eigenvalue weighted by Gasteiger charge is -2.08. The molecule has 10 heteroatoms. The standard InChI is InChI=1S/C15H15BrN4O5/c16-13-6-5-12(25-13)15(22)19-9-14(21)18-8-7-17-10-3-1-2-4-11(10)20(23)24/h1-6,17H,7-9H2,(H,18,21)(H,19,22). The number of carbonyl (C=O) groups is 2. The van der Waals surface area contributed by atoms with E-state index in [4.69, 9.17) is 4.42 Å². The molecule has 1 aromatic heterocycles. The zero-order chi connectivity index (χ0) is 18.2. The first-order valence-corrected chi connectivity index (χ1v) is 8.04. The third-order valence-corrected chi connectivity index (χ3v) is 3.50. The van der Waals surface area contributed by atoms with Crippen molar-refractivity contribution in [1.29, 1.82) is 0 Å². The van der Waals surface area contributed by atoms with Crippen molar-refractivity contribution in [2.75, 3.05) is 25.0 Å². The zero-order valence-electron chi connectivity index (χ0n) is 13.0. The van der Waals surface area contributed by atoms with Crippen LogP contribution >= 0.6 is 15.9 Å². The van der Waals surface area contributed by atoms with E-state index in [0.29, 0.717) is 16.9 Å². The van der Waals surface area contributed by atoms with Crippen molar-refractivity contribution in [3.8, 4) is 0 Å². The number of nitrogens with one attached hydrogen (secondary N) is 3. The molecule has 0 unspecified atom stereocenters. The Morgan fingerprint density at radius 1 is 1.12 bits per heavy atom. The number of carbonyl (C=O) groups excluding carboxylic acids is 2. The molecule has 2 aromatic rings. The highest BCUT2D eigenvalue weighted by molar-refractivity contribution is 9.10. The van der Waals surface area contributed by atoms with Gasteiger partial charge in [-0.3, -0.25) is 19.7 Å². The number of furan rings is 1. The van der Waals surface area contributed by atoms with Crippen molar-refractivity contribution in [2.45, 2.75) is 0 Å². The fraction of sp³-hybridized carbons (Fsp3) is 0.200. The molecule has 0 atom stereocenters. The van der Waals surface area contributed by atoms with E-state index in [1.54, 1.807) is 24.3 Å². The molecule has 0 fully saturated rings. The third-order valence-electron chi connectivity index (χ3n) is 3.07. The Labute approximate surface area is 151 Å². The minimum Gasteiger partial charge on any atom is -0.444 e. The number of amides is 2. The fourth-order valence-corrected chi connectivity index (χ4v) is 2.23. The topological polar surface area (TPSA) is 127 Å². The molecular formula is C15H15BrN4O5. The van der Waals surface area contributed by atoms with E-state index in [0.717, 1.165) is 0 Å². The van der Waals surface area contributed by atoms with E-state index in [1.807, 2.05) is 0 Å². The predicted molar refractivity (Wildman–Crippen MR) is 93.3 cm³/mol.